The van der Waals surface area contributed by atoms with Crippen molar-refractivity contribution in [2.45, 2.75) is 56.3 Å². The summed E-state index contributed by atoms with van der Waals surface area (Å²) < 4.78 is 34.1. The second kappa shape index (κ2) is 17.0. The Kier molecular flexibility index (Phi) is 13.0. The number of hydrogen-bond donors (Lipinski definition) is 3. The summed E-state index contributed by atoms with van der Waals surface area (Å²) in [5.41, 5.74) is 8.85. The average molecular weight is 694 g/mol. The van der Waals surface area contributed by atoms with Gasteiger partial charge in [-0.3, -0.25) is 4.79 Å². The van der Waals surface area contributed by atoms with Crippen LogP contribution in [0.2, 0.25) is 0 Å². The maximum atomic E-state index is 14.0. The summed E-state index contributed by atoms with van der Waals surface area (Å²) >= 11 is 1.19. The van der Waals surface area contributed by atoms with Crippen LogP contribution in [0.25, 0.3) is 0 Å². The number of amides is 2. The van der Waals surface area contributed by atoms with Crippen molar-refractivity contribution >= 4 is 33.4 Å². The minimum Gasteiger partial charge on any atom is -0.452 e. The minimum atomic E-state index is -4.06. The van der Waals surface area contributed by atoms with Crippen LogP contribution in [0.4, 0.5) is 4.79 Å². The molecule has 1 aromatic heterocycles. The summed E-state index contributed by atoms with van der Waals surface area (Å²) in [6.07, 6.45) is -0.328. The molecular formula is C36H43N3O7S2. The Hall–Kier alpha value is -3.91. The summed E-state index contributed by atoms with van der Waals surface area (Å²) in [6, 6.07) is 26.1. The Labute approximate surface area is 286 Å². The van der Waals surface area contributed by atoms with E-state index in [9.17, 15) is 28.2 Å². The van der Waals surface area contributed by atoms with Crippen LogP contribution in [0.15, 0.2) is 102 Å². The van der Waals surface area contributed by atoms with Crippen LogP contribution in [-0.4, -0.2) is 66.1 Å². The molecule has 0 aliphatic heterocycles. The Balaban J connectivity index is 1.64. The molecule has 0 saturated heterocycles. The highest BCUT2D eigenvalue weighted by molar-refractivity contribution is 7.89. The third-order valence-electron chi connectivity index (χ3n) is 8.11. The van der Waals surface area contributed by atoms with Gasteiger partial charge < -0.3 is 20.7 Å². The molecular weight excluding hydrogens is 651 g/mol. The van der Waals surface area contributed by atoms with Crippen LogP contribution in [0, 0.1) is 5.92 Å². The van der Waals surface area contributed by atoms with Crippen molar-refractivity contribution in [2.75, 3.05) is 20.3 Å². The van der Waals surface area contributed by atoms with Crippen LogP contribution < -0.4 is 5.73 Å². The quantitative estimate of drug-likeness (QED) is 0.153. The lowest BCUT2D eigenvalue weighted by atomic mass is 9.85. The van der Waals surface area contributed by atoms with Gasteiger partial charge in [0.1, 0.15) is 0 Å². The highest BCUT2D eigenvalue weighted by Gasteiger charge is 2.36. The molecule has 0 aliphatic rings. The molecule has 0 bridgehead atoms. The molecule has 48 heavy (non-hydrogen) atoms. The van der Waals surface area contributed by atoms with Crippen LogP contribution in [0.3, 0.4) is 0 Å². The van der Waals surface area contributed by atoms with E-state index in [-0.39, 0.29) is 30.5 Å². The number of sulfonamides is 1. The second-order valence-electron chi connectivity index (χ2n) is 11.8. The molecule has 1 unspecified atom stereocenters. The van der Waals surface area contributed by atoms with E-state index >= 15 is 0 Å². The number of thiophene rings is 1. The second-order valence-corrected chi connectivity index (χ2v) is 14.9. The maximum absolute atomic E-state index is 14.0. The summed E-state index contributed by atoms with van der Waals surface area (Å²) in [6.45, 7) is 3.25. The minimum absolute atomic E-state index is 0.0431. The van der Waals surface area contributed by atoms with E-state index < -0.39 is 46.6 Å². The molecule has 0 saturated carbocycles. The highest BCUT2D eigenvalue weighted by Crippen LogP contribution is 2.34. The van der Waals surface area contributed by atoms with Crippen molar-refractivity contribution < 1.29 is 33.0 Å². The molecule has 0 aliphatic carbocycles. The Morgan fingerprint density at radius 2 is 1.46 bits per heavy atom. The lowest BCUT2D eigenvalue weighted by Crippen LogP contribution is -2.49. The summed E-state index contributed by atoms with van der Waals surface area (Å²) in [5.74, 6) is -0.992. The summed E-state index contributed by atoms with van der Waals surface area (Å²) in [7, 11) is -2.87. The van der Waals surface area contributed by atoms with Crippen LogP contribution in [-0.2, 0) is 32.7 Å². The number of methoxy groups -OCH3 is 1. The molecule has 2 amide bonds. The monoisotopic (exact) mass is 693 g/mol. The van der Waals surface area contributed by atoms with Gasteiger partial charge in [0, 0.05) is 22.2 Å². The first kappa shape index (κ1) is 36.9. The molecule has 0 radical (unpaired) electrons. The molecule has 10 nitrogen and oxygen atoms in total. The van der Waals surface area contributed by atoms with Crippen molar-refractivity contribution in [1.29, 1.82) is 0 Å². The summed E-state index contributed by atoms with van der Waals surface area (Å²) in [5, 5.41) is 20.0. The van der Waals surface area contributed by atoms with E-state index in [1.54, 1.807) is 24.3 Å². The fourth-order valence-electron chi connectivity index (χ4n) is 5.46. The topological polar surface area (TPSA) is 150 Å². The largest absolute Gasteiger partial charge is 0.452 e. The van der Waals surface area contributed by atoms with E-state index in [4.69, 9.17) is 10.5 Å². The fraction of sp³-hybridized carbons (Fsp3) is 0.333. The van der Waals surface area contributed by atoms with Gasteiger partial charge in [0.2, 0.25) is 15.9 Å². The Morgan fingerprint density at radius 1 is 0.875 bits per heavy atom. The SMILES string of the molecule is COC(=O)N(Cc1ccc(C(CO)N(CCC(C)C)S(=O)(=O)c2ccc(CO)cc2)s1)C(=O)[C@@H](N)C(c1ccccc1)c1ccccc1. The van der Waals surface area contributed by atoms with Gasteiger partial charge in [-0.1, -0.05) is 86.6 Å². The van der Waals surface area contributed by atoms with Gasteiger partial charge in [-0.15, -0.1) is 11.3 Å². The van der Waals surface area contributed by atoms with E-state index in [0.29, 0.717) is 21.7 Å². The lowest BCUT2D eigenvalue weighted by Gasteiger charge is -2.30. The van der Waals surface area contributed by atoms with E-state index in [1.807, 2.05) is 74.5 Å². The van der Waals surface area contributed by atoms with Gasteiger partial charge in [0.05, 0.1) is 43.8 Å². The predicted molar refractivity (Wildman–Crippen MR) is 186 cm³/mol. The molecule has 3 aromatic carbocycles. The Morgan fingerprint density at radius 3 is 1.96 bits per heavy atom. The van der Waals surface area contributed by atoms with Crippen LogP contribution in [0.5, 0.6) is 0 Å². The normalized spacial score (nSPS) is 13.1. The number of nitrogens with two attached hydrogens (primary N) is 1. The zero-order valence-corrected chi connectivity index (χ0v) is 28.9. The highest BCUT2D eigenvalue weighted by atomic mass is 32.2. The molecule has 12 heteroatoms. The molecule has 2 atom stereocenters. The molecule has 4 N–H and O–H groups in total. The van der Waals surface area contributed by atoms with Crippen molar-refractivity contribution in [3.05, 3.63) is 124 Å². The van der Waals surface area contributed by atoms with Gasteiger partial charge in [-0.05, 0) is 53.3 Å². The first-order valence-electron chi connectivity index (χ1n) is 15.7. The zero-order valence-electron chi connectivity index (χ0n) is 27.3. The number of carbonyl (C=O) groups excluding carboxylic acids is 2. The molecule has 4 rings (SSSR count). The van der Waals surface area contributed by atoms with Crippen molar-refractivity contribution in [3.8, 4) is 0 Å². The third kappa shape index (κ3) is 8.76. The van der Waals surface area contributed by atoms with Crippen LogP contribution in [0.1, 0.15) is 58.7 Å². The third-order valence-corrected chi connectivity index (χ3v) is 11.2. The van der Waals surface area contributed by atoms with Crippen molar-refractivity contribution in [3.63, 3.8) is 0 Å². The van der Waals surface area contributed by atoms with E-state index in [0.717, 1.165) is 16.0 Å². The molecule has 1 heterocycles. The molecule has 256 valence electrons. The van der Waals surface area contributed by atoms with Gasteiger partial charge in [-0.25, -0.2) is 18.1 Å². The Bertz CT molecular complexity index is 1690. The maximum Gasteiger partial charge on any atom is 0.416 e. The van der Waals surface area contributed by atoms with E-state index in [2.05, 4.69) is 0 Å². The number of ether oxygens (including phenoxy) is 1. The van der Waals surface area contributed by atoms with Gasteiger partial charge >= 0.3 is 6.09 Å². The molecule has 0 fully saturated rings. The molecule has 4 aromatic rings. The predicted octanol–water partition coefficient (Wildman–Crippen LogP) is 5.27. The standard InChI is InChI=1S/C36H43N3O7S2/c1-25(2)20-21-39(48(44,45)30-17-14-26(23-40)15-18-30)31(24-41)32-19-16-29(47-32)22-38(36(43)46-3)35(42)34(37)33(27-10-6-4-7-11-27)28-12-8-5-9-13-28/h4-19,25,31,33-34,40-41H,20-24,37H2,1-3H3/t31?,34-/m0/s1. The van der Waals surface area contributed by atoms with Crippen molar-refractivity contribution in [2.24, 2.45) is 11.7 Å². The number of aliphatic hydroxyl groups is 2. The van der Waals surface area contributed by atoms with Crippen molar-refractivity contribution in [1.82, 2.24) is 9.21 Å². The van der Waals surface area contributed by atoms with Crippen LogP contribution >= 0.6 is 11.3 Å². The first-order valence-corrected chi connectivity index (χ1v) is 17.9. The number of hydrogen-bond acceptors (Lipinski definition) is 9. The zero-order chi connectivity index (χ0) is 34.8. The van der Waals surface area contributed by atoms with Gasteiger partial charge in [0.15, 0.2) is 0 Å². The van der Waals surface area contributed by atoms with Gasteiger partial charge in [-0.2, -0.15) is 4.31 Å². The van der Waals surface area contributed by atoms with E-state index in [1.165, 1.54) is 34.9 Å². The number of rotatable bonds is 15. The number of nitrogens with zero attached hydrogens (tertiary/aromatic N) is 2. The number of carbonyl (C=O) groups is 2. The van der Waals surface area contributed by atoms with Gasteiger partial charge in [0.25, 0.3) is 0 Å². The lowest BCUT2D eigenvalue weighted by molar-refractivity contribution is -0.131. The first-order chi connectivity index (χ1) is 23.0. The smallest absolute Gasteiger partial charge is 0.416 e. The number of aliphatic hydroxyl groups excluding tert-OH is 2. The fourth-order valence-corrected chi connectivity index (χ4v) is 8.25. The number of imide groups is 1. The number of benzene rings is 3. The average Bonchev–Trinajstić information content (AvgIpc) is 3.57. The summed E-state index contributed by atoms with van der Waals surface area (Å²) in [4.78, 5) is 29.1. The molecule has 0 spiro atoms.